The van der Waals surface area contributed by atoms with Gasteiger partial charge in [0, 0.05) is 38.4 Å². The second-order valence-corrected chi connectivity index (χ2v) is 8.23. The number of ether oxygens (including phenoxy) is 1. The zero-order valence-electron chi connectivity index (χ0n) is 17.9. The van der Waals surface area contributed by atoms with Crippen molar-refractivity contribution in [2.45, 2.75) is 31.7 Å². The van der Waals surface area contributed by atoms with Crippen molar-refractivity contribution in [2.75, 3.05) is 38.0 Å². The second-order valence-electron chi connectivity index (χ2n) is 8.23. The number of aryl methyl sites for hydroxylation is 1. The van der Waals surface area contributed by atoms with Crippen LogP contribution in [0.3, 0.4) is 0 Å². The standard InChI is InChI=1S/C24H29N3O3/c1-26-14-4-5-16-6-9-18(15-21(16)26)25-24(29)20-12-13-22(28)27(2)23(20)17-7-10-19(30-3)11-8-17/h6-11,15,20,23H,4-5,12-14H2,1-3H3,(H,25,29)/t20-,23+/m1/s1. The van der Waals surface area contributed by atoms with Crippen LogP contribution in [0.4, 0.5) is 11.4 Å². The number of amides is 2. The zero-order valence-corrected chi connectivity index (χ0v) is 17.9. The molecule has 4 rings (SSSR count). The maximum absolute atomic E-state index is 13.3. The molecule has 2 aromatic rings. The molecule has 1 saturated heterocycles. The molecule has 1 fully saturated rings. The van der Waals surface area contributed by atoms with Crippen LogP contribution in [0.25, 0.3) is 0 Å². The summed E-state index contributed by atoms with van der Waals surface area (Å²) in [6.07, 6.45) is 3.15. The first-order valence-electron chi connectivity index (χ1n) is 10.5. The van der Waals surface area contributed by atoms with Crippen LogP contribution in [0, 0.1) is 5.92 Å². The predicted octanol–water partition coefficient (Wildman–Crippen LogP) is 3.63. The Labute approximate surface area is 177 Å². The van der Waals surface area contributed by atoms with E-state index in [-0.39, 0.29) is 23.8 Å². The number of hydrogen-bond donors (Lipinski definition) is 1. The summed E-state index contributed by atoms with van der Waals surface area (Å²) in [5.74, 6) is 0.460. The molecule has 30 heavy (non-hydrogen) atoms. The molecule has 0 aliphatic carbocycles. The number of carbonyl (C=O) groups is 2. The van der Waals surface area contributed by atoms with Gasteiger partial charge in [-0.05, 0) is 54.7 Å². The van der Waals surface area contributed by atoms with Crippen LogP contribution in [-0.4, -0.2) is 44.5 Å². The van der Waals surface area contributed by atoms with Gasteiger partial charge in [0.25, 0.3) is 0 Å². The molecule has 2 aliphatic rings. The lowest BCUT2D eigenvalue weighted by molar-refractivity contribution is -0.140. The van der Waals surface area contributed by atoms with Gasteiger partial charge >= 0.3 is 0 Å². The van der Waals surface area contributed by atoms with E-state index >= 15 is 0 Å². The van der Waals surface area contributed by atoms with E-state index in [1.165, 1.54) is 11.3 Å². The Morgan fingerprint density at radius 1 is 1.10 bits per heavy atom. The number of benzene rings is 2. The molecule has 2 heterocycles. The van der Waals surface area contributed by atoms with E-state index in [1.54, 1.807) is 19.1 Å². The summed E-state index contributed by atoms with van der Waals surface area (Å²) in [4.78, 5) is 29.6. The molecule has 0 bridgehead atoms. The smallest absolute Gasteiger partial charge is 0.229 e. The Morgan fingerprint density at radius 3 is 2.60 bits per heavy atom. The normalized spacial score (nSPS) is 21.2. The molecule has 6 nitrogen and oxygen atoms in total. The Hall–Kier alpha value is -3.02. The molecule has 158 valence electrons. The van der Waals surface area contributed by atoms with Crippen LogP contribution >= 0.6 is 0 Å². The van der Waals surface area contributed by atoms with Gasteiger partial charge in [-0.1, -0.05) is 18.2 Å². The van der Waals surface area contributed by atoms with Crippen molar-refractivity contribution in [3.63, 3.8) is 0 Å². The molecule has 1 N–H and O–H groups in total. The highest BCUT2D eigenvalue weighted by atomic mass is 16.5. The summed E-state index contributed by atoms with van der Waals surface area (Å²) in [5, 5.41) is 3.11. The number of piperidine rings is 1. The number of methoxy groups -OCH3 is 1. The molecule has 2 aliphatic heterocycles. The highest BCUT2D eigenvalue weighted by Gasteiger charge is 2.39. The van der Waals surface area contributed by atoms with Crippen LogP contribution < -0.4 is 15.0 Å². The van der Waals surface area contributed by atoms with Gasteiger partial charge in [0.15, 0.2) is 0 Å². The number of nitrogens with one attached hydrogen (secondary N) is 1. The maximum Gasteiger partial charge on any atom is 0.229 e. The van der Waals surface area contributed by atoms with E-state index in [1.807, 2.05) is 30.3 Å². The summed E-state index contributed by atoms with van der Waals surface area (Å²) < 4.78 is 5.25. The Kier molecular flexibility index (Phi) is 5.66. The van der Waals surface area contributed by atoms with Gasteiger partial charge in [0.05, 0.1) is 19.1 Å². The van der Waals surface area contributed by atoms with E-state index in [0.717, 1.165) is 36.4 Å². The first kappa shape index (κ1) is 20.3. The lowest BCUT2D eigenvalue weighted by atomic mass is 9.84. The summed E-state index contributed by atoms with van der Waals surface area (Å²) in [7, 11) is 5.49. The average Bonchev–Trinajstić information content (AvgIpc) is 2.76. The maximum atomic E-state index is 13.3. The Bertz CT molecular complexity index is 941. The van der Waals surface area contributed by atoms with Gasteiger partial charge in [-0.2, -0.15) is 0 Å². The van der Waals surface area contributed by atoms with Crippen molar-refractivity contribution in [1.29, 1.82) is 0 Å². The summed E-state index contributed by atoms with van der Waals surface area (Å²) in [6.45, 7) is 1.03. The number of hydrogen-bond acceptors (Lipinski definition) is 4. The molecule has 2 atom stereocenters. The Balaban J connectivity index is 1.58. The van der Waals surface area contributed by atoms with Gasteiger partial charge < -0.3 is 19.9 Å². The summed E-state index contributed by atoms with van der Waals surface area (Å²) >= 11 is 0. The zero-order chi connectivity index (χ0) is 21.3. The minimum Gasteiger partial charge on any atom is -0.497 e. The number of fused-ring (bicyclic) bond motifs is 1. The topological polar surface area (TPSA) is 61.9 Å². The third kappa shape index (κ3) is 3.86. The molecule has 0 radical (unpaired) electrons. The van der Waals surface area contributed by atoms with Crippen molar-refractivity contribution in [3.05, 3.63) is 53.6 Å². The quantitative estimate of drug-likeness (QED) is 0.841. The lowest BCUT2D eigenvalue weighted by Crippen LogP contribution is -2.44. The molecule has 2 amide bonds. The van der Waals surface area contributed by atoms with E-state index in [2.05, 4.69) is 29.4 Å². The van der Waals surface area contributed by atoms with Crippen LogP contribution in [-0.2, 0) is 16.0 Å². The molecule has 0 saturated carbocycles. The van der Waals surface area contributed by atoms with Crippen LogP contribution in [0.2, 0.25) is 0 Å². The highest BCUT2D eigenvalue weighted by molar-refractivity contribution is 5.95. The van der Waals surface area contributed by atoms with Gasteiger partial charge in [-0.15, -0.1) is 0 Å². The molecule has 2 aromatic carbocycles. The Morgan fingerprint density at radius 2 is 1.87 bits per heavy atom. The molecule has 0 aromatic heterocycles. The number of likely N-dealkylation sites (tertiary alicyclic amines) is 1. The SMILES string of the molecule is COc1ccc([C@H]2[C@H](C(=O)Nc3ccc4c(c3)N(C)CCC4)CCC(=O)N2C)cc1. The molecule has 0 unspecified atom stereocenters. The van der Waals surface area contributed by atoms with Gasteiger partial charge in [0.1, 0.15) is 5.75 Å². The molecular weight excluding hydrogens is 378 g/mol. The van der Waals surface area contributed by atoms with E-state index in [4.69, 9.17) is 4.74 Å². The number of anilines is 2. The first-order valence-corrected chi connectivity index (χ1v) is 10.5. The van der Waals surface area contributed by atoms with Crippen molar-refractivity contribution >= 4 is 23.2 Å². The van der Waals surface area contributed by atoms with E-state index < -0.39 is 0 Å². The van der Waals surface area contributed by atoms with Crippen molar-refractivity contribution < 1.29 is 14.3 Å². The molecule has 6 heteroatoms. The minimum absolute atomic E-state index is 0.0476. The molecular formula is C24H29N3O3. The summed E-state index contributed by atoms with van der Waals surface area (Å²) in [5.41, 5.74) is 4.25. The largest absolute Gasteiger partial charge is 0.497 e. The molecule has 0 spiro atoms. The van der Waals surface area contributed by atoms with Crippen LogP contribution in [0.5, 0.6) is 5.75 Å². The van der Waals surface area contributed by atoms with Crippen LogP contribution in [0.1, 0.15) is 36.4 Å². The average molecular weight is 408 g/mol. The number of rotatable bonds is 4. The summed E-state index contributed by atoms with van der Waals surface area (Å²) in [6, 6.07) is 13.5. The first-order chi connectivity index (χ1) is 14.5. The number of carbonyl (C=O) groups excluding carboxylic acids is 2. The van der Waals surface area contributed by atoms with Gasteiger partial charge in [0.2, 0.25) is 11.8 Å². The second kappa shape index (κ2) is 8.38. The van der Waals surface area contributed by atoms with Crippen molar-refractivity contribution in [2.24, 2.45) is 5.92 Å². The highest BCUT2D eigenvalue weighted by Crippen LogP contribution is 2.37. The fourth-order valence-electron chi connectivity index (χ4n) is 4.64. The van der Waals surface area contributed by atoms with Gasteiger partial charge in [-0.3, -0.25) is 9.59 Å². The van der Waals surface area contributed by atoms with E-state index in [0.29, 0.717) is 12.8 Å². The fraction of sp³-hybridized carbons (Fsp3) is 0.417. The van der Waals surface area contributed by atoms with E-state index in [9.17, 15) is 9.59 Å². The third-order valence-corrected chi connectivity index (χ3v) is 6.36. The minimum atomic E-state index is -0.310. The van der Waals surface area contributed by atoms with Crippen molar-refractivity contribution in [3.8, 4) is 5.75 Å². The number of nitrogens with zero attached hydrogens (tertiary/aromatic N) is 2. The van der Waals surface area contributed by atoms with Gasteiger partial charge in [-0.25, -0.2) is 0 Å². The fourth-order valence-corrected chi connectivity index (χ4v) is 4.64. The van der Waals surface area contributed by atoms with Crippen LogP contribution in [0.15, 0.2) is 42.5 Å². The third-order valence-electron chi connectivity index (χ3n) is 6.36. The predicted molar refractivity (Wildman–Crippen MR) is 118 cm³/mol. The lowest BCUT2D eigenvalue weighted by Gasteiger charge is -2.38. The van der Waals surface area contributed by atoms with Crippen molar-refractivity contribution in [1.82, 2.24) is 4.90 Å². The monoisotopic (exact) mass is 407 g/mol.